The Morgan fingerprint density at radius 2 is 2.09 bits per heavy atom. The number of aromatic nitrogens is 6. The number of nitrogens with zero attached hydrogens (tertiary/aromatic N) is 6. The standard InChI is InChI=1S/C25H22N8O/c1-25(2)14-34-24-30-20-22(28-9-8-15-12-29-19-7-5-4-6-18(15)19)31-21(32-23(20)33(24)25)16-10-17(26-3)13-27-11-16/h4-7,10-13,29H,8-9,14H2,1-2H3,(H,28,31,32). The number of pyridine rings is 1. The van der Waals surface area contributed by atoms with E-state index in [9.17, 15) is 0 Å². The van der Waals surface area contributed by atoms with Gasteiger partial charge in [-0.2, -0.15) is 4.98 Å². The molecule has 5 aromatic rings. The monoisotopic (exact) mass is 450 g/mol. The molecule has 0 bridgehead atoms. The number of anilines is 1. The van der Waals surface area contributed by atoms with Crippen molar-refractivity contribution in [3.8, 4) is 17.4 Å². The fourth-order valence-corrected chi connectivity index (χ4v) is 4.40. The molecule has 0 saturated carbocycles. The minimum atomic E-state index is -0.284. The minimum Gasteiger partial charge on any atom is -0.462 e. The first-order chi connectivity index (χ1) is 16.5. The number of nitrogens with one attached hydrogen (secondary N) is 2. The van der Waals surface area contributed by atoms with Crippen molar-refractivity contribution in [1.82, 2.24) is 29.5 Å². The molecule has 0 fully saturated rings. The molecule has 0 unspecified atom stereocenters. The van der Waals surface area contributed by atoms with Gasteiger partial charge in [-0.3, -0.25) is 9.55 Å². The Labute approximate surface area is 195 Å². The van der Waals surface area contributed by atoms with Crippen LogP contribution < -0.4 is 10.1 Å². The van der Waals surface area contributed by atoms with E-state index in [1.54, 1.807) is 12.3 Å². The van der Waals surface area contributed by atoms with Crippen LogP contribution in [0.25, 0.3) is 38.3 Å². The zero-order chi connectivity index (χ0) is 23.3. The van der Waals surface area contributed by atoms with Gasteiger partial charge in [0.1, 0.15) is 6.61 Å². The van der Waals surface area contributed by atoms with E-state index >= 15 is 0 Å². The summed E-state index contributed by atoms with van der Waals surface area (Å²) in [5.74, 6) is 1.12. The highest BCUT2D eigenvalue weighted by Gasteiger charge is 2.36. The Kier molecular flexibility index (Phi) is 4.48. The zero-order valence-corrected chi connectivity index (χ0v) is 18.8. The number of para-hydroxylation sites is 1. The molecule has 9 nitrogen and oxygen atoms in total. The van der Waals surface area contributed by atoms with Crippen LogP contribution in [-0.4, -0.2) is 42.6 Å². The number of hydrogen-bond acceptors (Lipinski definition) is 6. The van der Waals surface area contributed by atoms with E-state index in [2.05, 4.69) is 52.3 Å². The van der Waals surface area contributed by atoms with Gasteiger partial charge in [-0.1, -0.05) is 18.2 Å². The van der Waals surface area contributed by atoms with Crippen molar-refractivity contribution >= 4 is 33.6 Å². The van der Waals surface area contributed by atoms with Crippen LogP contribution in [0.3, 0.4) is 0 Å². The van der Waals surface area contributed by atoms with Crippen LogP contribution in [-0.2, 0) is 12.0 Å². The van der Waals surface area contributed by atoms with Crippen molar-refractivity contribution in [2.45, 2.75) is 25.8 Å². The summed E-state index contributed by atoms with van der Waals surface area (Å²) in [4.78, 5) is 25.3. The van der Waals surface area contributed by atoms with Crippen LogP contribution in [0, 0.1) is 6.57 Å². The molecule has 0 aliphatic carbocycles. The quantitative estimate of drug-likeness (QED) is 0.377. The van der Waals surface area contributed by atoms with Gasteiger partial charge >= 0.3 is 0 Å². The van der Waals surface area contributed by atoms with Gasteiger partial charge in [-0.05, 0) is 38.0 Å². The molecule has 0 atom stereocenters. The lowest BCUT2D eigenvalue weighted by atomic mass is 10.1. The number of fused-ring (bicyclic) bond motifs is 4. The lowest BCUT2D eigenvalue weighted by Gasteiger charge is -2.18. The average molecular weight is 451 g/mol. The van der Waals surface area contributed by atoms with Crippen LogP contribution in [0.4, 0.5) is 11.5 Å². The summed E-state index contributed by atoms with van der Waals surface area (Å²) in [6, 6.07) is 10.6. The molecule has 1 aliphatic heterocycles. The van der Waals surface area contributed by atoms with Crippen LogP contribution in [0.1, 0.15) is 19.4 Å². The Morgan fingerprint density at radius 3 is 2.97 bits per heavy atom. The predicted octanol–water partition coefficient (Wildman–Crippen LogP) is 4.70. The summed E-state index contributed by atoms with van der Waals surface area (Å²) in [6.07, 6.45) is 6.07. The number of benzene rings is 1. The van der Waals surface area contributed by atoms with E-state index in [4.69, 9.17) is 26.3 Å². The van der Waals surface area contributed by atoms with E-state index in [1.165, 1.54) is 17.1 Å². The van der Waals surface area contributed by atoms with Crippen molar-refractivity contribution < 1.29 is 4.74 Å². The molecular formula is C25H22N8O. The number of aromatic amines is 1. The molecule has 5 heterocycles. The second kappa shape index (κ2) is 7.56. The summed E-state index contributed by atoms with van der Waals surface area (Å²) in [7, 11) is 0. The van der Waals surface area contributed by atoms with Gasteiger partial charge < -0.3 is 15.0 Å². The number of ether oxygens (including phenoxy) is 1. The highest BCUT2D eigenvalue weighted by Crippen LogP contribution is 2.37. The van der Waals surface area contributed by atoms with Gasteiger partial charge in [-0.25, -0.2) is 14.8 Å². The van der Waals surface area contributed by atoms with Crippen molar-refractivity contribution in [3.05, 3.63) is 65.9 Å². The number of H-pyrrole nitrogens is 1. The molecule has 6 rings (SSSR count). The Balaban J connectivity index is 1.40. The third-order valence-corrected chi connectivity index (χ3v) is 6.11. The molecule has 1 aromatic carbocycles. The first kappa shape index (κ1) is 20.2. The number of imidazole rings is 1. The molecule has 2 N–H and O–H groups in total. The predicted molar refractivity (Wildman–Crippen MR) is 130 cm³/mol. The maximum absolute atomic E-state index is 7.32. The van der Waals surface area contributed by atoms with Gasteiger partial charge in [0.15, 0.2) is 22.8 Å². The van der Waals surface area contributed by atoms with Crippen molar-refractivity contribution in [3.63, 3.8) is 0 Å². The fourth-order valence-electron chi connectivity index (χ4n) is 4.40. The van der Waals surface area contributed by atoms with Crippen LogP contribution >= 0.6 is 0 Å². The molecule has 0 saturated heterocycles. The summed E-state index contributed by atoms with van der Waals surface area (Å²) < 4.78 is 7.87. The van der Waals surface area contributed by atoms with Gasteiger partial charge in [0.2, 0.25) is 5.69 Å². The first-order valence-corrected chi connectivity index (χ1v) is 11.1. The van der Waals surface area contributed by atoms with Crippen molar-refractivity contribution in [2.24, 2.45) is 0 Å². The second-order valence-corrected chi connectivity index (χ2v) is 8.98. The highest BCUT2D eigenvalue weighted by molar-refractivity contribution is 5.87. The summed E-state index contributed by atoms with van der Waals surface area (Å²) >= 11 is 0. The molecule has 9 heteroatoms. The second-order valence-electron chi connectivity index (χ2n) is 8.98. The Hall–Kier alpha value is -4.45. The maximum Gasteiger partial charge on any atom is 0.299 e. The Morgan fingerprint density at radius 1 is 1.21 bits per heavy atom. The molecular weight excluding hydrogens is 428 g/mol. The minimum absolute atomic E-state index is 0.284. The van der Waals surface area contributed by atoms with Crippen LogP contribution in [0.15, 0.2) is 48.9 Å². The summed E-state index contributed by atoms with van der Waals surface area (Å²) in [5, 5.41) is 4.69. The van der Waals surface area contributed by atoms with Crippen molar-refractivity contribution in [1.29, 1.82) is 0 Å². The van der Waals surface area contributed by atoms with Gasteiger partial charge in [0.25, 0.3) is 6.01 Å². The topological polar surface area (TPSA) is 97.9 Å². The summed E-state index contributed by atoms with van der Waals surface area (Å²) in [5.41, 5.74) is 4.57. The average Bonchev–Trinajstić information content (AvgIpc) is 3.52. The molecule has 1 aliphatic rings. The van der Waals surface area contributed by atoms with E-state index in [0.717, 1.165) is 11.9 Å². The fraction of sp³-hybridized carbons (Fsp3) is 0.240. The smallest absolute Gasteiger partial charge is 0.299 e. The van der Waals surface area contributed by atoms with Crippen LogP contribution in [0.2, 0.25) is 0 Å². The van der Waals surface area contributed by atoms with E-state index < -0.39 is 0 Å². The highest BCUT2D eigenvalue weighted by atomic mass is 16.5. The molecule has 168 valence electrons. The van der Waals surface area contributed by atoms with E-state index in [1.807, 2.05) is 16.7 Å². The zero-order valence-electron chi connectivity index (χ0n) is 18.8. The van der Waals surface area contributed by atoms with Gasteiger partial charge in [0.05, 0.1) is 12.1 Å². The van der Waals surface area contributed by atoms with Gasteiger partial charge in [-0.15, -0.1) is 0 Å². The number of rotatable bonds is 5. The molecule has 4 aromatic heterocycles. The third kappa shape index (κ3) is 3.23. The first-order valence-electron chi connectivity index (χ1n) is 11.1. The van der Waals surface area contributed by atoms with E-state index in [0.29, 0.717) is 53.2 Å². The number of hydrogen-bond donors (Lipinski definition) is 2. The molecule has 0 amide bonds. The van der Waals surface area contributed by atoms with Gasteiger partial charge in [0, 0.05) is 41.6 Å². The molecule has 34 heavy (non-hydrogen) atoms. The Bertz CT molecular complexity index is 1590. The summed E-state index contributed by atoms with van der Waals surface area (Å²) in [6.45, 7) is 12.7. The third-order valence-electron chi connectivity index (χ3n) is 6.11. The van der Waals surface area contributed by atoms with E-state index in [-0.39, 0.29) is 5.54 Å². The normalized spacial score (nSPS) is 14.1. The van der Waals surface area contributed by atoms with Crippen LogP contribution in [0.5, 0.6) is 6.01 Å². The molecule has 0 spiro atoms. The lowest BCUT2D eigenvalue weighted by molar-refractivity contribution is 0.268. The maximum atomic E-state index is 7.32. The van der Waals surface area contributed by atoms with Crippen molar-refractivity contribution in [2.75, 3.05) is 18.5 Å². The largest absolute Gasteiger partial charge is 0.462 e. The lowest BCUT2D eigenvalue weighted by Crippen LogP contribution is -2.25. The molecule has 0 radical (unpaired) electrons. The SMILES string of the molecule is [C-]#[N+]c1cncc(-c2nc(NCCc3c[nH]c4ccccc34)c3nc4n(c3n2)C(C)(C)CO4)c1.